The molecule has 0 aromatic rings. The minimum atomic E-state index is -0.00657. The van der Waals surface area contributed by atoms with Crippen LogP contribution in [-0.4, -0.2) is 30.4 Å². The number of rotatable bonds is 7. The normalized spacial score (nSPS) is 12.1. The van der Waals surface area contributed by atoms with E-state index in [0.29, 0.717) is 6.54 Å². The number of likely N-dealkylation sites (N-methyl/N-ethyl adjacent to an activating group) is 1. The Morgan fingerprint density at radius 1 is 1.29 bits per heavy atom. The molecule has 0 saturated carbocycles. The van der Waals surface area contributed by atoms with Crippen molar-refractivity contribution in [2.45, 2.75) is 27.7 Å². The van der Waals surface area contributed by atoms with Crippen molar-refractivity contribution in [2.75, 3.05) is 19.6 Å². The molecule has 1 N–H and O–H groups in total. The molecule has 3 heteroatoms. The first-order chi connectivity index (χ1) is 7.96. The van der Waals surface area contributed by atoms with Crippen molar-refractivity contribution < 1.29 is 4.79 Å². The summed E-state index contributed by atoms with van der Waals surface area (Å²) in [6, 6.07) is 0. The van der Waals surface area contributed by atoms with Gasteiger partial charge < -0.3 is 5.32 Å². The van der Waals surface area contributed by atoms with E-state index in [4.69, 9.17) is 0 Å². The monoisotopic (exact) mass is 236 g/mol. The maximum Gasteiger partial charge on any atom is 0.238 e. The molecule has 0 bridgehead atoms. The summed E-state index contributed by atoms with van der Waals surface area (Å²) in [6.45, 7) is 17.6. The molecule has 0 saturated heterocycles. The average Bonchev–Trinajstić information content (AvgIpc) is 2.31. The molecule has 3 nitrogen and oxygen atoms in total. The van der Waals surface area contributed by atoms with Crippen molar-refractivity contribution in [3.63, 3.8) is 0 Å². The zero-order valence-corrected chi connectivity index (χ0v) is 11.5. The van der Waals surface area contributed by atoms with Gasteiger partial charge in [-0.15, -0.1) is 0 Å². The SMILES string of the molecule is C=C/C(C)=C(/NC(=O)CN(CC)CC)C(=C)C. The zero-order valence-electron chi connectivity index (χ0n) is 11.5. The lowest BCUT2D eigenvalue weighted by atomic mass is 10.1. The van der Waals surface area contributed by atoms with Gasteiger partial charge in [0.2, 0.25) is 5.91 Å². The number of hydrogen-bond acceptors (Lipinski definition) is 2. The highest BCUT2D eigenvalue weighted by atomic mass is 16.2. The summed E-state index contributed by atoms with van der Waals surface area (Å²) in [5, 5.41) is 2.89. The van der Waals surface area contributed by atoms with Crippen LogP contribution in [0.25, 0.3) is 0 Å². The van der Waals surface area contributed by atoms with E-state index in [2.05, 4.69) is 23.4 Å². The summed E-state index contributed by atoms with van der Waals surface area (Å²) < 4.78 is 0. The highest BCUT2D eigenvalue weighted by Gasteiger charge is 2.10. The fraction of sp³-hybridized carbons (Fsp3) is 0.500. The van der Waals surface area contributed by atoms with E-state index in [1.807, 2.05) is 27.7 Å². The first-order valence-corrected chi connectivity index (χ1v) is 5.97. The van der Waals surface area contributed by atoms with Crippen LogP contribution in [0, 0.1) is 0 Å². The Balaban J connectivity index is 4.64. The molecule has 0 heterocycles. The number of carbonyl (C=O) groups excluding carboxylic acids is 1. The van der Waals surface area contributed by atoms with E-state index in [1.54, 1.807) is 6.08 Å². The molecular weight excluding hydrogens is 212 g/mol. The number of amides is 1. The fourth-order valence-electron chi connectivity index (χ4n) is 1.47. The van der Waals surface area contributed by atoms with Gasteiger partial charge in [0, 0.05) is 5.70 Å². The average molecular weight is 236 g/mol. The Kier molecular flexibility index (Phi) is 7.22. The van der Waals surface area contributed by atoms with Gasteiger partial charge >= 0.3 is 0 Å². The number of allylic oxidation sites excluding steroid dienone is 3. The highest BCUT2D eigenvalue weighted by Crippen LogP contribution is 2.10. The van der Waals surface area contributed by atoms with E-state index >= 15 is 0 Å². The lowest BCUT2D eigenvalue weighted by molar-refractivity contribution is -0.121. The largest absolute Gasteiger partial charge is 0.325 e. The van der Waals surface area contributed by atoms with E-state index < -0.39 is 0 Å². The molecule has 0 aromatic heterocycles. The minimum absolute atomic E-state index is 0.00657. The van der Waals surface area contributed by atoms with Crippen molar-refractivity contribution >= 4 is 5.91 Å². The first-order valence-electron chi connectivity index (χ1n) is 5.97. The first kappa shape index (κ1) is 15.7. The maximum atomic E-state index is 11.8. The van der Waals surface area contributed by atoms with Crippen LogP contribution in [-0.2, 0) is 4.79 Å². The Bertz CT molecular complexity index is 325. The van der Waals surface area contributed by atoms with Crippen molar-refractivity contribution in [1.82, 2.24) is 10.2 Å². The number of carbonyl (C=O) groups is 1. The van der Waals surface area contributed by atoms with Crippen LogP contribution in [0.2, 0.25) is 0 Å². The molecule has 96 valence electrons. The van der Waals surface area contributed by atoms with E-state index in [-0.39, 0.29) is 5.91 Å². The van der Waals surface area contributed by atoms with Crippen LogP contribution in [0.3, 0.4) is 0 Å². The van der Waals surface area contributed by atoms with Crippen LogP contribution in [0.5, 0.6) is 0 Å². The van der Waals surface area contributed by atoms with Gasteiger partial charge in [0.05, 0.1) is 6.54 Å². The van der Waals surface area contributed by atoms with Crippen molar-refractivity contribution in [3.8, 4) is 0 Å². The van der Waals surface area contributed by atoms with Gasteiger partial charge in [0.25, 0.3) is 0 Å². The molecule has 0 spiro atoms. The van der Waals surface area contributed by atoms with Crippen LogP contribution < -0.4 is 5.32 Å². The van der Waals surface area contributed by atoms with Crippen molar-refractivity contribution in [3.05, 3.63) is 36.1 Å². The van der Waals surface area contributed by atoms with Crippen molar-refractivity contribution in [2.24, 2.45) is 0 Å². The number of nitrogens with zero attached hydrogens (tertiary/aromatic N) is 1. The minimum Gasteiger partial charge on any atom is -0.325 e. The second-order valence-corrected chi connectivity index (χ2v) is 4.05. The van der Waals surface area contributed by atoms with E-state index in [0.717, 1.165) is 29.9 Å². The Labute approximate surface area is 105 Å². The molecule has 0 fully saturated rings. The number of hydrogen-bond donors (Lipinski definition) is 1. The molecule has 0 atom stereocenters. The van der Waals surface area contributed by atoms with Crippen LogP contribution >= 0.6 is 0 Å². The number of nitrogens with one attached hydrogen (secondary N) is 1. The van der Waals surface area contributed by atoms with Crippen LogP contribution in [0.15, 0.2) is 36.1 Å². The lowest BCUT2D eigenvalue weighted by Crippen LogP contribution is -2.37. The maximum absolute atomic E-state index is 11.8. The molecule has 0 rings (SSSR count). The third-order valence-corrected chi connectivity index (χ3v) is 2.65. The predicted octanol–water partition coefficient (Wildman–Crippen LogP) is 2.48. The van der Waals surface area contributed by atoms with Crippen LogP contribution in [0.4, 0.5) is 0 Å². The summed E-state index contributed by atoms with van der Waals surface area (Å²) in [7, 11) is 0. The predicted molar refractivity (Wildman–Crippen MR) is 73.6 cm³/mol. The standard InChI is InChI=1S/C14H24N2O/c1-7-12(6)14(11(4)5)15-13(17)10-16(8-2)9-3/h7H,1,4,8-10H2,2-3,5-6H3,(H,15,17)/b14-12+. The molecule has 17 heavy (non-hydrogen) atoms. The van der Waals surface area contributed by atoms with Gasteiger partial charge in [0.1, 0.15) is 0 Å². The summed E-state index contributed by atoms with van der Waals surface area (Å²) in [5.41, 5.74) is 2.55. The smallest absolute Gasteiger partial charge is 0.238 e. The second-order valence-electron chi connectivity index (χ2n) is 4.05. The Hall–Kier alpha value is -1.35. The molecule has 0 aliphatic carbocycles. The molecule has 0 unspecified atom stereocenters. The Morgan fingerprint density at radius 3 is 2.18 bits per heavy atom. The molecule has 0 aliphatic rings. The summed E-state index contributed by atoms with van der Waals surface area (Å²) in [6.07, 6.45) is 1.72. The quantitative estimate of drug-likeness (QED) is 0.689. The molecule has 0 aromatic carbocycles. The summed E-state index contributed by atoms with van der Waals surface area (Å²) >= 11 is 0. The fourth-order valence-corrected chi connectivity index (χ4v) is 1.47. The van der Waals surface area contributed by atoms with Crippen LogP contribution in [0.1, 0.15) is 27.7 Å². The van der Waals surface area contributed by atoms with E-state index in [1.165, 1.54) is 0 Å². The van der Waals surface area contributed by atoms with Crippen molar-refractivity contribution in [1.29, 1.82) is 0 Å². The molecule has 1 amide bonds. The van der Waals surface area contributed by atoms with Gasteiger partial charge in [-0.25, -0.2) is 0 Å². The van der Waals surface area contributed by atoms with E-state index in [9.17, 15) is 4.79 Å². The van der Waals surface area contributed by atoms with Gasteiger partial charge in [-0.1, -0.05) is 33.1 Å². The lowest BCUT2D eigenvalue weighted by Gasteiger charge is -2.19. The highest BCUT2D eigenvalue weighted by molar-refractivity contribution is 5.80. The molecule has 0 aliphatic heterocycles. The summed E-state index contributed by atoms with van der Waals surface area (Å²) in [5.74, 6) is -0.00657. The van der Waals surface area contributed by atoms with Gasteiger partial charge in [-0.3, -0.25) is 9.69 Å². The topological polar surface area (TPSA) is 32.3 Å². The zero-order chi connectivity index (χ0) is 13.4. The molecule has 0 radical (unpaired) electrons. The van der Waals surface area contributed by atoms with Gasteiger partial charge in [0.15, 0.2) is 0 Å². The third kappa shape index (κ3) is 5.50. The van der Waals surface area contributed by atoms with Gasteiger partial charge in [-0.2, -0.15) is 0 Å². The van der Waals surface area contributed by atoms with Gasteiger partial charge in [-0.05, 0) is 38.1 Å². The second kappa shape index (κ2) is 7.85. The summed E-state index contributed by atoms with van der Waals surface area (Å²) in [4.78, 5) is 13.9. The Morgan fingerprint density at radius 2 is 1.82 bits per heavy atom. The third-order valence-electron chi connectivity index (χ3n) is 2.65. The molecular formula is C14H24N2O.